The van der Waals surface area contributed by atoms with Gasteiger partial charge in [0, 0.05) is 0 Å². The van der Waals surface area contributed by atoms with E-state index in [9.17, 15) is 13.3 Å². The summed E-state index contributed by atoms with van der Waals surface area (Å²) in [5.74, 6) is 0. The molecule has 1 unspecified atom stereocenters. The molecule has 86 valence electrons. The van der Waals surface area contributed by atoms with Crippen LogP contribution in [0.15, 0.2) is 0 Å². The minimum atomic E-state index is -3.92. The van der Waals surface area contributed by atoms with Gasteiger partial charge in [-0.25, -0.2) is 8.77 Å². The molecule has 0 spiro atoms. The molecule has 0 bridgehead atoms. The number of phosphoric ester groups is 1. The highest BCUT2D eigenvalue weighted by atomic mass is 32.2. The van der Waals surface area contributed by atoms with E-state index in [1.165, 1.54) is 0 Å². The number of hydrogen-bond acceptors (Lipinski definition) is 6. The molecule has 0 saturated heterocycles. The Labute approximate surface area is 86.0 Å². The Bertz CT molecular complexity index is 208. The second-order valence-electron chi connectivity index (χ2n) is 2.39. The van der Waals surface area contributed by atoms with Gasteiger partial charge in [0.1, 0.15) is 0 Å². The van der Waals surface area contributed by atoms with Crippen LogP contribution < -0.4 is 0 Å². The van der Waals surface area contributed by atoms with Crippen LogP contribution in [0, 0.1) is 0 Å². The first-order valence-corrected chi connectivity index (χ1v) is 6.68. The smallest absolute Gasteiger partial charge is 0.487 e. The van der Waals surface area contributed by atoms with Gasteiger partial charge >= 0.3 is 7.82 Å². The Balaban J connectivity index is 4.18. The third-order valence-electron chi connectivity index (χ3n) is 1.06. The van der Waals surface area contributed by atoms with Crippen LogP contribution in [0.25, 0.3) is 0 Å². The number of rotatable bonds is 8. The highest BCUT2D eigenvalue weighted by Gasteiger charge is 2.26. The molecule has 0 aliphatic rings. The van der Waals surface area contributed by atoms with E-state index in [1.54, 1.807) is 13.8 Å². The van der Waals surface area contributed by atoms with Crippen molar-refractivity contribution in [2.24, 2.45) is 0 Å². The first kappa shape index (κ1) is 14.2. The predicted octanol–water partition coefficient (Wildman–Crippen LogP) is 1.76. The second-order valence-corrected chi connectivity index (χ2v) is 4.81. The van der Waals surface area contributed by atoms with Gasteiger partial charge in [0.05, 0.1) is 24.6 Å². The van der Waals surface area contributed by atoms with Crippen molar-refractivity contribution in [3.63, 3.8) is 0 Å². The van der Waals surface area contributed by atoms with E-state index < -0.39 is 19.2 Å². The third kappa shape index (κ3) is 6.64. The van der Waals surface area contributed by atoms with Gasteiger partial charge in [-0.2, -0.15) is 3.97 Å². The van der Waals surface area contributed by atoms with Gasteiger partial charge in [-0.05, 0) is 12.8 Å². The van der Waals surface area contributed by atoms with Crippen molar-refractivity contribution in [2.45, 2.75) is 26.7 Å². The molecule has 0 aromatic rings. The number of hydrogen-bond donors (Lipinski definition) is 0. The average Bonchev–Trinajstić information content (AvgIpc) is 2.11. The molecule has 0 aromatic heterocycles. The minimum absolute atomic E-state index is 0.123. The molecule has 0 radical (unpaired) electrons. The summed E-state index contributed by atoms with van der Waals surface area (Å²) in [6, 6.07) is 0. The Morgan fingerprint density at radius 3 is 1.93 bits per heavy atom. The van der Waals surface area contributed by atoms with Crippen molar-refractivity contribution in [2.75, 3.05) is 13.2 Å². The van der Waals surface area contributed by atoms with Crippen LogP contribution in [0.5, 0.6) is 0 Å². The second kappa shape index (κ2) is 7.50. The SMILES string of the molecule is CCCOP(=O)(OCCC)OS(=O)[O-]. The van der Waals surface area contributed by atoms with E-state index in [0.29, 0.717) is 12.8 Å². The Morgan fingerprint density at radius 2 is 1.64 bits per heavy atom. The van der Waals surface area contributed by atoms with Gasteiger partial charge < -0.3 is 4.55 Å². The lowest BCUT2D eigenvalue weighted by atomic mass is 10.5. The molecular weight excluding hydrogens is 231 g/mol. The van der Waals surface area contributed by atoms with E-state index in [4.69, 9.17) is 9.05 Å². The normalized spacial score (nSPS) is 14.2. The zero-order valence-electron chi connectivity index (χ0n) is 8.13. The molecule has 0 amide bonds. The molecule has 14 heavy (non-hydrogen) atoms. The van der Waals surface area contributed by atoms with Gasteiger partial charge in [0.2, 0.25) is 0 Å². The average molecular weight is 245 g/mol. The molecule has 0 aromatic carbocycles. The van der Waals surface area contributed by atoms with Gasteiger partial charge in [-0.1, -0.05) is 13.8 Å². The monoisotopic (exact) mass is 245 g/mol. The van der Waals surface area contributed by atoms with E-state index >= 15 is 0 Å². The van der Waals surface area contributed by atoms with Crippen molar-refractivity contribution in [3.05, 3.63) is 0 Å². The minimum Gasteiger partial charge on any atom is -0.749 e. The lowest BCUT2D eigenvalue weighted by Gasteiger charge is -2.17. The van der Waals surface area contributed by atoms with Crippen molar-refractivity contribution in [1.82, 2.24) is 0 Å². The van der Waals surface area contributed by atoms with Crippen LogP contribution in [0.2, 0.25) is 0 Å². The molecule has 0 saturated carbocycles. The molecule has 0 heterocycles. The third-order valence-corrected chi connectivity index (χ3v) is 3.27. The standard InChI is InChI=1S/C6H15O6PS/c1-3-5-10-13(7,11-6-4-2)12-14(8)9/h3-6H2,1-2H3,(H,8,9)/p-1. The summed E-state index contributed by atoms with van der Waals surface area (Å²) in [4.78, 5) is 0. The maximum absolute atomic E-state index is 11.5. The highest BCUT2D eigenvalue weighted by Crippen LogP contribution is 2.50. The number of phosphoric acid groups is 1. The van der Waals surface area contributed by atoms with Crippen LogP contribution >= 0.6 is 7.82 Å². The fraction of sp³-hybridized carbons (Fsp3) is 1.00. The quantitative estimate of drug-likeness (QED) is 0.478. The fourth-order valence-electron chi connectivity index (χ4n) is 0.561. The van der Waals surface area contributed by atoms with Crippen molar-refractivity contribution < 1.29 is 26.3 Å². The van der Waals surface area contributed by atoms with Crippen LogP contribution in [0.3, 0.4) is 0 Å². The van der Waals surface area contributed by atoms with Crippen LogP contribution in [0.4, 0.5) is 0 Å². The summed E-state index contributed by atoms with van der Waals surface area (Å²) < 4.78 is 45.3. The first-order valence-electron chi connectivity index (χ1n) is 4.22. The molecule has 0 aliphatic heterocycles. The van der Waals surface area contributed by atoms with Crippen LogP contribution in [-0.2, 0) is 28.9 Å². The highest BCUT2D eigenvalue weighted by molar-refractivity contribution is 7.79. The summed E-state index contributed by atoms with van der Waals surface area (Å²) in [6.45, 7) is 3.83. The molecule has 0 N–H and O–H groups in total. The summed E-state index contributed by atoms with van der Waals surface area (Å²) in [5, 5.41) is 0. The van der Waals surface area contributed by atoms with Crippen molar-refractivity contribution in [1.29, 1.82) is 0 Å². The van der Waals surface area contributed by atoms with Crippen molar-refractivity contribution in [3.8, 4) is 0 Å². The van der Waals surface area contributed by atoms with Gasteiger partial charge in [0.25, 0.3) is 0 Å². The van der Waals surface area contributed by atoms with E-state index in [2.05, 4.69) is 3.97 Å². The molecule has 0 rings (SSSR count). The first-order chi connectivity index (χ1) is 6.54. The Kier molecular flexibility index (Phi) is 7.62. The molecule has 0 fully saturated rings. The summed E-state index contributed by atoms with van der Waals surface area (Å²) in [7, 11) is -3.92. The Hall–Kier alpha value is 0.220. The van der Waals surface area contributed by atoms with E-state index in [0.717, 1.165) is 0 Å². The Morgan fingerprint density at radius 1 is 1.21 bits per heavy atom. The predicted molar refractivity (Wildman–Crippen MR) is 50.1 cm³/mol. The van der Waals surface area contributed by atoms with Gasteiger partial charge in [0.15, 0.2) is 0 Å². The summed E-state index contributed by atoms with van der Waals surface area (Å²) in [5.41, 5.74) is 0. The zero-order chi connectivity index (χ0) is 11.0. The fourth-order valence-corrected chi connectivity index (χ4v) is 2.39. The largest absolute Gasteiger partial charge is 0.749 e. The molecular formula is C6H14O6PS-. The maximum atomic E-state index is 11.5. The van der Waals surface area contributed by atoms with Gasteiger partial charge in [-0.15, -0.1) is 0 Å². The maximum Gasteiger partial charge on any atom is 0.487 e. The van der Waals surface area contributed by atoms with Gasteiger partial charge in [-0.3, -0.25) is 9.05 Å². The van der Waals surface area contributed by atoms with E-state index in [1.807, 2.05) is 0 Å². The summed E-state index contributed by atoms with van der Waals surface area (Å²) >= 11 is -2.91. The lowest BCUT2D eigenvalue weighted by molar-refractivity contribution is 0.156. The molecule has 1 atom stereocenters. The van der Waals surface area contributed by atoms with Crippen molar-refractivity contribution >= 4 is 19.2 Å². The topological polar surface area (TPSA) is 84.9 Å². The molecule has 6 nitrogen and oxygen atoms in total. The molecule has 8 heteroatoms. The van der Waals surface area contributed by atoms with Crippen LogP contribution in [0.1, 0.15) is 26.7 Å². The van der Waals surface area contributed by atoms with Crippen LogP contribution in [-0.4, -0.2) is 22.0 Å². The summed E-state index contributed by atoms with van der Waals surface area (Å²) in [6.07, 6.45) is 1.18. The zero-order valence-corrected chi connectivity index (χ0v) is 9.84. The lowest BCUT2D eigenvalue weighted by Crippen LogP contribution is -2.03. The van der Waals surface area contributed by atoms with E-state index in [-0.39, 0.29) is 13.2 Å². The molecule has 0 aliphatic carbocycles.